The van der Waals surface area contributed by atoms with Crippen molar-refractivity contribution < 1.29 is 34.4 Å². The lowest BCUT2D eigenvalue weighted by Gasteiger charge is -2.50. The molecule has 37 heavy (non-hydrogen) atoms. The Kier molecular flexibility index (Phi) is 6.85. The van der Waals surface area contributed by atoms with Crippen LogP contribution in [-0.4, -0.2) is 84.1 Å². The van der Waals surface area contributed by atoms with Crippen LogP contribution in [0, 0.1) is 11.8 Å². The first-order valence-corrected chi connectivity index (χ1v) is 12.5. The summed E-state index contributed by atoms with van der Waals surface area (Å²) in [6, 6.07) is 2.63. The highest BCUT2D eigenvalue weighted by atomic mass is 16.5. The molecule has 1 amide bonds. The molecule has 0 aliphatic heterocycles. The number of ketones is 2. The van der Waals surface area contributed by atoms with Crippen LogP contribution < -0.4 is 15.4 Å². The Hall–Kier alpha value is -3.37. The number of benzene rings is 1. The molecule has 0 saturated carbocycles. The van der Waals surface area contributed by atoms with Gasteiger partial charge in [0.05, 0.1) is 18.2 Å². The van der Waals surface area contributed by atoms with Crippen LogP contribution in [0.1, 0.15) is 42.1 Å². The number of unbranched alkanes of at least 4 members (excludes halogenated alkanes) is 1. The van der Waals surface area contributed by atoms with E-state index in [9.17, 15) is 29.7 Å². The Morgan fingerprint density at radius 2 is 1.86 bits per heavy atom. The second-order valence-corrected chi connectivity index (χ2v) is 10.5. The van der Waals surface area contributed by atoms with Gasteiger partial charge in [0.1, 0.15) is 22.8 Å². The SMILES string of the molecule is CCCCOc1ccc(N(C)C)c2c1C(=O)C1=C(O)C3(O)C(=O)C(C(N)=O)=C(O)[C@@H](N(C)C)[C@@H]3C[C@@H]1C2. The number of ether oxygens (including phenoxy) is 1. The molecule has 200 valence electrons. The minimum atomic E-state index is -2.59. The van der Waals surface area contributed by atoms with Crippen LogP contribution in [-0.2, 0) is 16.0 Å². The summed E-state index contributed by atoms with van der Waals surface area (Å²) in [6.07, 6.45) is 2.17. The first-order valence-electron chi connectivity index (χ1n) is 12.5. The van der Waals surface area contributed by atoms with E-state index in [0.29, 0.717) is 24.3 Å². The molecule has 10 nitrogen and oxygen atoms in total. The van der Waals surface area contributed by atoms with Crippen molar-refractivity contribution in [3.05, 3.63) is 45.9 Å². The number of carbonyl (C=O) groups excluding carboxylic acids is 3. The molecule has 10 heteroatoms. The second kappa shape index (κ2) is 9.50. The molecule has 0 spiro atoms. The van der Waals surface area contributed by atoms with Gasteiger partial charge in [0.2, 0.25) is 5.78 Å². The number of nitrogens with zero attached hydrogens (tertiary/aromatic N) is 2. The van der Waals surface area contributed by atoms with E-state index in [0.717, 1.165) is 24.1 Å². The predicted molar refractivity (Wildman–Crippen MR) is 137 cm³/mol. The monoisotopic (exact) mass is 513 g/mol. The Morgan fingerprint density at radius 1 is 1.19 bits per heavy atom. The van der Waals surface area contributed by atoms with Gasteiger partial charge in [0, 0.05) is 31.3 Å². The number of nitrogens with two attached hydrogens (primary N) is 1. The zero-order valence-electron chi connectivity index (χ0n) is 21.9. The molecule has 0 fully saturated rings. The van der Waals surface area contributed by atoms with Crippen molar-refractivity contribution in [2.24, 2.45) is 17.6 Å². The molecule has 0 bridgehead atoms. The van der Waals surface area contributed by atoms with Crippen molar-refractivity contribution in [3.63, 3.8) is 0 Å². The van der Waals surface area contributed by atoms with Crippen LogP contribution >= 0.6 is 0 Å². The van der Waals surface area contributed by atoms with Gasteiger partial charge in [-0.1, -0.05) is 13.3 Å². The summed E-state index contributed by atoms with van der Waals surface area (Å²) in [6.45, 7) is 2.44. The van der Waals surface area contributed by atoms with Crippen molar-refractivity contribution in [2.45, 2.75) is 44.2 Å². The van der Waals surface area contributed by atoms with E-state index in [1.807, 2.05) is 32.0 Å². The van der Waals surface area contributed by atoms with Crippen molar-refractivity contribution in [1.82, 2.24) is 4.90 Å². The molecule has 0 heterocycles. The number of fused-ring (bicyclic) bond motifs is 3. The number of Topliss-reactive ketones (excluding diaryl/α,β-unsaturated/α-hetero) is 2. The van der Waals surface area contributed by atoms with Gasteiger partial charge in [-0.2, -0.15) is 0 Å². The van der Waals surface area contributed by atoms with Crippen molar-refractivity contribution >= 4 is 23.2 Å². The summed E-state index contributed by atoms with van der Waals surface area (Å²) in [5.41, 5.74) is 3.84. The van der Waals surface area contributed by atoms with Crippen LogP contribution in [0.4, 0.5) is 5.69 Å². The van der Waals surface area contributed by atoms with Crippen LogP contribution in [0.25, 0.3) is 0 Å². The number of anilines is 1. The Labute approximate surface area is 216 Å². The quantitative estimate of drug-likeness (QED) is 0.315. The predicted octanol–water partition coefficient (Wildman–Crippen LogP) is 1.66. The molecule has 0 saturated heterocycles. The average molecular weight is 514 g/mol. The Bertz CT molecular complexity index is 1230. The van der Waals surface area contributed by atoms with Crippen molar-refractivity contribution in [3.8, 4) is 5.75 Å². The largest absolute Gasteiger partial charge is 0.510 e. The number of hydrogen-bond acceptors (Lipinski definition) is 9. The fourth-order valence-corrected chi connectivity index (χ4v) is 6.09. The summed E-state index contributed by atoms with van der Waals surface area (Å²) in [4.78, 5) is 43.0. The molecule has 4 atom stereocenters. The molecule has 0 aromatic heterocycles. The maximum atomic E-state index is 14.0. The van der Waals surface area contributed by atoms with Crippen LogP contribution in [0.15, 0.2) is 34.8 Å². The number of carbonyl (C=O) groups is 3. The molecule has 0 radical (unpaired) electrons. The molecule has 3 aliphatic carbocycles. The standard InChI is InChI=1S/C27H35N3O7/c1-6-7-10-37-17-9-8-16(29(2)3)14-11-13-12-15-21(30(4)5)23(32)20(26(28)35)25(34)27(15,36)24(33)18(13)22(31)19(14)17/h8-9,13,15,21,32-33,36H,6-7,10-12H2,1-5H3,(H2,28,35)/t13-,15-,21-,27?/m0/s1. The number of rotatable bonds is 7. The van der Waals surface area contributed by atoms with Gasteiger partial charge in [-0.05, 0) is 57.0 Å². The number of likely N-dealkylation sites (N-methyl/N-ethyl adjacent to an activating group) is 1. The topological polar surface area (TPSA) is 154 Å². The summed E-state index contributed by atoms with van der Waals surface area (Å²) in [5, 5.41) is 34.1. The van der Waals surface area contributed by atoms with Gasteiger partial charge in [-0.3, -0.25) is 19.3 Å². The third-order valence-corrected chi connectivity index (χ3v) is 7.80. The van der Waals surface area contributed by atoms with E-state index < -0.39 is 58.0 Å². The van der Waals surface area contributed by atoms with Gasteiger partial charge in [0.15, 0.2) is 11.4 Å². The molecule has 1 aromatic carbocycles. The molecular weight excluding hydrogens is 478 g/mol. The lowest BCUT2D eigenvalue weighted by Crippen LogP contribution is -2.63. The van der Waals surface area contributed by atoms with Crippen LogP contribution in [0.5, 0.6) is 5.75 Å². The molecular formula is C27H35N3O7. The van der Waals surface area contributed by atoms with E-state index in [-0.39, 0.29) is 12.0 Å². The molecule has 1 unspecified atom stereocenters. The summed E-state index contributed by atoms with van der Waals surface area (Å²) >= 11 is 0. The minimum Gasteiger partial charge on any atom is -0.510 e. The zero-order chi connectivity index (χ0) is 27.4. The summed E-state index contributed by atoms with van der Waals surface area (Å²) in [7, 11) is 6.99. The molecule has 1 aromatic rings. The van der Waals surface area contributed by atoms with Gasteiger partial charge in [0.25, 0.3) is 5.91 Å². The summed E-state index contributed by atoms with van der Waals surface area (Å²) < 4.78 is 5.95. The third-order valence-electron chi connectivity index (χ3n) is 7.80. The highest BCUT2D eigenvalue weighted by Crippen LogP contribution is 2.53. The van der Waals surface area contributed by atoms with E-state index in [4.69, 9.17) is 10.5 Å². The molecule has 4 rings (SSSR count). The van der Waals surface area contributed by atoms with Gasteiger partial charge in [-0.25, -0.2) is 0 Å². The van der Waals surface area contributed by atoms with Gasteiger partial charge < -0.3 is 30.7 Å². The van der Waals surface area contributed by atoms with E-state index >= 15 is 0 Å². The highest BCUT2D eigenvalue weighted by Gasteiger charge is 2.63. The van der Waals surface area contributed by atoms with Crippen molar-refractivity contribution in [1.29, 1.82) is 0 Å². The smallest absolute Gasteiger partial charge is 0.255 e. The Morgan fingerprint density at radius 3 is 2.43 bits per heavy atom. The molecule has 3 aliphatic rings. The number of aliphatic hydroxyl groups excluding tert-OH is 2. The minimum absolute atomic E-state index is 0.0708. The van der Waals surface area contributed by atoms with E-state index in [1.165, 1.54) is 0 Å². The number of allylic oxidation sites excluding steroid dienone is 1. The van der Waals surface area contributed by atoms with Crippen LogP contribution in [0.3, 0.4) is 0 Å². The highest BCUT2D eigenvalue weighted by molar-refractivity contribution is 6.24. The second-order valence-electron chi connectivity index (χ2n) is 10.5. The maximum absolute atomic E-state index is 14.0. The Balaban J connectivity index is 1.93. The first kappa shape index (κ1) is 26.7. The maximum Gasteiger partial charge on any atom is 0.255 e. The fourth-order valence-electron chi connectivity index (χ4n) is 6.09. The van der Waals surface area contributed by atoms with E-state index in [2.05, 4.69) is 0 Å². The molecule has 5 N–H and O–H groups in total. The number of aliphatic hydroxyl groups is 3. The zero-order valence-corrected chi connectivity index (χ0v) is 21.9. The average Bonchev–Trinajstić information content (AvgIpc) is 2.81. The lowest BCUT2D eigenvalue weighted by atomic mass is 9.58. The van der Waals surface area contributed by atoms with Crippen molar-refractivity contribution in [2.75, 3.05) is 39.7 Å². The first-order chi connectivity index (χ1) is 17.4. The fraction of sp³-hybridized carbons (Fsp3) is 0.519. The van der Waals surface area contributed by atoms with Gasteiger partial charge in [-0.15, -0.1) is 0 Å². The lowest BCUT2D eigenvalue weighted by molar-refractivity contribution is -0.148. The van der Waals surface area contributed by atoms with Gasteiger partial charge >= 0.3 is 0 Å². The van der Waals surface area contributed by atoms with E-state index in [1.54, 1.807) is 25.1 Å². The van der Waals surface area contributed by atoms with Crippen LogP contribution in [0.2, 0.25) is 0 Å². The number of primary amides is 1. The normalized spacial score (nSPS) is 27.2. The third kappa shape index (κ3) is 3.90. The number of amides is 1. The number of hydrogen-bond donors (Lipinski definition) is 4. The summed E-state index contributed by atoms with van der Waals surface area (Å²) in [5.74, 6) is -5.46.